The monoisotopic (exact) mass is 928 g/mol. The molecule has 1 saturated heterocycles. The number of carboxylic acids is 1. The topological polar surface area (TPSA) is 136 Å². The normalized spacial score (nSPS) is 18.6. The number of benzene rings is 4. The van der Waals surface area contributed by atoms with Crippen LogP contribution in [0.1, 0.15) is 87.4 Å². The Kier molecular flexibility index (Phi) is 13.8. The number of hydrogen-bond donors (Lipinski definition) is 2. The zero-order valence-electron chi connectivity index (χ0n) is 37.4. The molecule has 66 heavy (non-hydrogen) atoms. The Bertz CT molecular complexity index is 2700. The molecule has 1 fully saturated rings. The molecule has 0 bridgehead atoms. The first-order chi connectivity index (χ1) is 31.9. The highest BCUT2D eigenvalue weighted by atomic mass is 35.5. The van der Waals surface area contributed by atoms with E-state index >= 15 is 0 Å². The summed E-state index contributed by atoms with van der Waals surface area (Å²) in [6.07, 6.45) is 5.53. The molecule has 13 heteroatoms. The van der Waals surface area contributed by atoms with Crippen LogP contribution in [0.3, 0.4) is 0 Å². The van der Waals surface area contributed by atoms with Crippen molar-refractivity contribution in [2.75, 3.05) is 19.8 Å². The van der Waals surface area contributed by atoms with Crippen molar-refractivity contribution in [3.05, 3.63) is 163 Å². The molecule has 4 aromatic carbocycles. The van der Waals surface area contributed by atoms with E-state index in [1.807, 2.05) is 75.4 Å². The number of nitrogens with one attached hydrogen (secondary N) is 1. The van der Waals surface area contributed by atoms with Gasteiger partial charge in [-0.15, -0.1) is 0 Å². The number of nitrogens with zero attached hydrogens (tertiary/aromatic N) is 3. The van der Waals surface area contributed by atoms with Crippen molar-refractivity contribution in [1.29, 1.82) is 0 Å². The van der Waals surface area contributed by atoms with Crippen LogP contribution in [-0.2, 0) is 46.7 Å². The highest BCUT2D eigenvalue weighted by Crippen LogP contribution is 2.40. The Labute approximate surface area is 395 Å². The number of carbonyl (C=O) groups excluding carboxylic acids is 1. The molecule has 9 rings (SSSR count). The van der Waals surface area contributed by atoms with Gasteiger partial charge in [0.1, 0.15) is 29.4 Å². The third kappa shape index (κ3) is 10.3. The van der Waals surface area contributed by atoms with Crippen LogP contribution in [0.15, 0.2) is 102 Å². The first-order valence-corrected chi connectivity index (χ1v) is 23.5. The van der Waals surface area contributed by atoms with E-state index in [1.54, 1.807) is 6.20 Å². The SMILES string of the molecule is Cc1cc(CN2Cc3cc4c(cc3C[C@H]2C(=O)N[C@@H](Cc2ccc(-c3ccnc(C)c3C)cc2)C(=O)O)OCCC(c2ccc(OC(c3ccc(Cl)c(Cl)c3)C3CCOCC3)cc2)C4)no1. The molecule has 342 valence electrons. The summed E-state index contributed by atoms with van der Waals surface area (Å²) >= 11 is 12.7. The molecule has 11 nitrogen and oxygen atoms in total. The third-order valence-electron chi connectivity index (χ3n) is 13.5. The maximum Gasteiger partial charge on any atom is 0.326 e. The average molecular weight is 930 g/mol. The predicted octanol–water partition coefficient (Wildman–Crippen LogP) is 10.4. The summed E-state index contributed by atoms with van der Waals surface area (Å²) in [6.45, 7) is 8.62. The van der Waals surface area contributed by atoms with Crippen LogP contribution < -0.4 is 14.8 Å². The maximum atomic E-state index is 14.3. The molecule has 2 N–H and O–H groups in total. The number of fused-ring (bicyclic) bond motifs is 2. The number of pyridine rings is 1. The summed E-state index contributed by atoms with van der Waals surface area (Å²) in [4.78, 5) is 33.4. The fourth-order valence-electron chi connectivity index (χ4n) is 9.69. The van der Waals surface area contributed by atoms with E-state index < -0.39 is 18.1 Å². The zero-order chi connectivity index (χ0) is 45.9. The van der Waals surface area contributed by atoms with Gasteiger partial charge in [0.05, 0.1) is 28.4 Å². The van der Waals surface area contributed by atoms with Crippen molar-refractivity contribution in [2.24, 2.45) is 5.92 Å². The van der Waals surface area contributed by atoms with Gasteiger partial charge in [0, 0.05) is 56.6 Å². The number of halogens is 2. The molecule has 0 radical (unpaired) electrons. The molecule has 1 amide bonds. The van der Waals surface area contributed by atoms with Gasteiger partial charge in [-0.3, -0.25) is 14.7 Å². The first-order valence-electron chi connectivity index (χ1n) is 22.7. The molecular formula is C53H54Cl2N4O7. The van der Waals surface area contributed by atoms with Gasteiger partial charge in [-0.1, -0.05) is 76.9 Å². The Balaban J connectivity index is 0.910. The van der Waals surface area contributed by atoms with Crippen molar-refractivity contribution in [3.63, 3.8) is 0 Å². The standard InChI is InChI=1S/C53H54Cl2N4O7/c1-31-22-43(58-66-31)30-59-29-42-25-41-24-38(35-8-11-44(12-9-35)65-51(37-15-19-63-20-16-37)39-10-13-46(54)47(55)26-39)17-21-64-50(41)28-40(42)27-49(59)52(60)57-48(53(61)62)23-34-4-6-36(7-5-34)45-14-18-56-33(3)32(45)2/h4-14,18,22,25-26,28,37-38,48-49,51H,15-17,19-21,23-24,27,29-30H2,1-3H3,(H,57,60)(H,61,62)/t38?,48-,49-,51?/m0/s1. The number of rotatable bonds is 13. The van der Waals surface area contributed by atoms with Crippen LogP contribution in [0, 0.1) is 26.7 Å². The molecule has 3 aliphatic heterocycles. The van der Waals surface area contributed by atoms with Gasteiger partial charge in [0.25, 0.3) is 0 Å². The van der Waals surface area contributed by atoms with E-state index in [0.29, 0.717) is 60.8 Å². The summed E-state index contributed by atoms with van der Waals surface area (Å²) in [5, 5.41) is 18.5. The molecule has 2 unspecified atom stereocenters. The molecule has 3 aliphatic rings. The highest BCUT2D eigenvalue weighted by Gasteiger charge is 2.36. The van der Waals surface area contributed by atoms with Gasteiger partial charge in [0.2, 0.25) is 5.91 Å². The van der Waals surface area contributed by atoms with Crippen molar-refractivity contribution in [2.45, 2.75) is 96.5 Å². The molecule has 0 saturated carbocycles. The second kappa shape index (κ2) is 20.0. The molecule has 2 aromatic heterocycles. The summed E-state index contributed by atoms with van der Waals surface area (Å²) in [6, 6.07) is 28.4. The van der Waals surface area contributed by atoms with Crippen molar-refractivity contribution < 1.29 is 33.4 Å². The molecule has 6 aromatic rings. The number of amides is 1. The number of aromatic nitrogens is 2. The van der Waals surface area contributed by atoms with Gasteiger partial charge in [-0.05, 0) is 145 Å². The molecule has 0 aliphatic carbocycles. The highest BCUT2D eigenvalue weighted by molar-refractivity contribution is 6.42. The van der Waals surface area contributed by atoms with Gasteiger partial charge >= 0.3 is 5.97 Å². The van der Waals surface area contributed by atoms with E-state index in [4.69, 9.17) is 41.9 Å². The Morgan fingerprint density at radius 2 is 1.65 bits per heavy atom. The maximum absolute atomic E-state index is 14.3. The number of hydrogen-bond acceptors (Lipinski definition) is 9. The van der Waals surface area contributed by atoms with Gasteiger partial charge in [0.15, 0.2) is 0 Å². The Morgan fingerprint density at radius 3 is 2.38 bits per heavy atom. The lowest BCUT2D eigenvalue weighted by Gasteiger charge is -2.36. The van der Waals surface area contributed by atoms with E-state index in [2.05, 4.69) is 56.8 Å². The molecule has 4 atom stereocenters. The van der Waals surface area contributed by atoms with Gasteiger partial charge in [-0.25, -0.2) is 4.79 Å². The Morgan fingerprint density at radius 1 is 0.864 bits per heavy atom. The second-order valence-electron chi connectivity index (χ2n) is 17.9. The minimum Gasteiger partial charge on any atom is -0.493 e. The van der Waals surface area contributed by atoms with Crippen LogP contribution in [0.4, 0.5) is 0 Å². The lowest BCUT2D eigenvalue weighted by atomic mass is 9.86. The number of ether oxygens (including phenoxy) is 3. The summed E-state index contributed by atoms with van der Waals surface area (Å²) < 4.78 is 24.2. The van der Waals surface area contributed by atoms with Crippen LogP contribution >= 0.6 is 23.2 Å². The quantitative estimate of drug-likeness (QED) is 0.115. The largest absolute Gasteiger partial charge is 0.493 e. The third-order valence-corrected chi connectivity index (χ3v) is 14.2. The van der Waals surface area contributed by atoms with Crippen LogP contribution in [0.5, 0.6) is 11.5 Å². The van der Waals surface area contributed by atoms with Crippen molar-refractivity contribution >= 4 is 35.1 Å². The molecule has 0 spiro atoms. The summed E-state index contributed by atoms with van der Waals surface area (Å²) in [5.41, 5.74) is 11.1. The van der Waals surface area contributed by atoms with Crippen molar-refractivity contribution in [3.8, 4) is 22.6 Å². The van der Waals surface area contributed by atoms with Crippen LogP contribution in [0.25, 0.3) is 11.1 Å². The fourth-order valence-corrected chi connectivity index (χ4v) is 10.00. The van der Waals surface area contributed by atoms with E-state index in [0.717, 1.165) is 87.4 Å². The smallest absolute Gasteiger partial charge is 0.326 e. The van der Waals surface area contributed by atoms with Gasteiger partial charge in [-0.2, -0.15) is 0 Å². The van der Waals surface area contributed by atoms with E-state index in [9.17, 15) is 14.7 Å². The van der Waals surface area contributed by atoms with Crippen LogP contribution in [-0.4, -0.2) is 63.9 Å². The minimum atomic E-state index is -1.13. The fraction of sp³-hybridized carbons (Fsp3) is 0.358. The lowest BCUT2D eigenvalue weighted by molar-refractivity contribution is -0.142. The number of aryl methyl sites for hydroxylation is 2. The Hall–Kier alpha value is -5.72. The second-order valence-corrected chi connectivity index (χ2v) is 18.7. The van der Waals surface area contributed by atoms with Gasteiger partial charge < -0.3 is 29.2 Å². The average Bonchev–Trinajstić information content (AvgIpc) is 3.62. The number of carbonyl (C=O) groups is 2. The molecule has 5 heterocycles. The minimum absolute atomic E-state index is 0.134. The first kappa shape index (κ1) is 45.4. The number of carboxylic acid groups (broad SMARTS) is 1. The van der Waals surface area contributed by atoms with E-state index in [-0.39, 0.29) is 30.3 Å². The summed E-state index contributed by atoms with van der Waals surface area (Å²) in [7, 11) is 0. The number of aliphatic carboxylic acids is 1. The van der Waals surface area contributed by atoms with Crippen molar-refractivity contribution in [1.82, 2.24) is 20.4 Å². The predicted molar refractivity (Wildman–Crippen MR) is 253 cm³/mol. The van der Waals surface area contributed by atoms with Crippen LogP contribution in [0.2, 0.25) is 10.0 Å². The zero-order valence-corrected chi connectivity index (χ0v) is 38.9. The molecular weight excluding hydrogens is 876 g/mol. The van der Waals surface area contributed by atoms with E-state index in [1.165, 1.54) is 5.56 Å². The lowest BCUT2D eigenvalue weighted by Crippen LogP contribution is -2.54. The summed E-state index contributed by atoms with van der Waals surface area (Å²) in [5.74, 6) is 1.32.